The van der Waals surface area contributed by atoms with Crippen molar-refractivity contribution in [2.75, 3.05) is 0 Å². The van der Waals surface area contributed by atoms with Crippen LogP contribution < -0.4 is 10.5 Å². The van der Waals surface area contributed by atoms with Gasteiger partial charge >= 0.3 is 5.97 Å². The van der Waals surface area contributed by atoms with Gasteiger partial charge in [0.1, 0.15) is 23.3 Å². The van der Waals surface area contributed by atoms with Crippen LogP contribution in [-0.2, 0) is 17.6 Å². The second-order valence-electron chi connectivity index (χ2n) is 8.15. The van der Waals surface area contributed by atoms with Gasteiger partial charge in [-0.3, -0.25) is 4.79 Å². The Morgan fingerprint density at radius 1 is 0.970 bits per heavy atom. The number of phenols is 2. The van der Waals surface area contributed by atoms with Crippen LogP contribution in [0.15, 0.2) is 48.5 Å². The van der Waals surface area contributed by atoms with E-state index >= 15 is 0 Å². The molecule has 0 saturated heterocycles. The Balaban J connectivity index is 1.84. The minimum atomic E-state index is -1.04. The molecular formula is C25H25I2NO5. The largest absolute Gasteiger partial charge is 0.508 e. The van der Waals surface area contributed by atoms with E-state index in [0.717, 1.165) is 23.8 Å². The average molecular weight is 673 g/mol. The molecule has 33 heavy (non-hydrogen) atoms. The number of hydrogen-bond acceptors (Lipinski definition) is 5. The number of carboxylic acid groups (broad SMARTS) is 1. The van der Waals surface area contributed by atoms with Gasteiger partial charge in [-0.25, -0.2) is 0 Å². The van der Waals surface area contributed by atoms with E-state index in [4.69, 9.17) is 15.6 Å². The zero-order valence-electron chi connectivity index (χ0n) is 18.2. The minimum absolute atomic E-state index is 0.170. The third kappa shape index (κ3) is 6.51. The number of halogens is 2. The number of aromatic hydroxyl groups is 2. The molecule has 5 N–H and O–H groups in total. The van der Waals surface area contributed by atoms with E-state index in [2.05, 4.69) is 45.2 Å². The van der Waals surface area contributed by atoms with Gasteiger partial charge in [-0.2, -0.15) is 0 Å². The highest BCUT2D eigenvalue weighted by atomic mass is 127. The summed E-state index contributed by atoms with van der Waals surface area (Å²) in [6.45, 7) is 4.04. The molecule has 174 valence electrons. The molecule has 1 atom stereocenters. The first-order valence-electron chi connectivity index (χ1n) is 10.3. The van der Waals surface area contributed by atoms with Crippen LogP contribution in [0.1, 0.15) is 42.0 Å². The molecule has 0 unspecified atom stereocenters. The number of rotatable bonds is 8. The maximum absolute atomic E-state index is 11.1. The van der Waals surface area contributed by atoms with Gasteiger partial charge in [-0.1, -0.05) is 26.0 Å². The second-order valence-corrected chi connectivity index (χ2v) is 10.5. The van der Waals surface area contributed by atoms with Crippen LogP contribution in [0.2, 0.25) is 0 Å². The summed E-state index contributed by atoms with van der Waals surface area (Å²) in [5.41, 5.74) is 9.05. The maximum Gasteiger partial charge on any atom is 0.320 e. The van der Waals surface area contributed by atoms with Crippen LogP contribution in [-0.4, -0.2) is 27.3 Å². The summed E-state index contributed by atoms with van der Waals surface area (Å²) in [7, 11) is 0. The fourth-order valence-electron chi connectivity index (χ4n) is 3.45. The molecule has 0 bridgehead atoms. The molecule has 0 aliphatic heterocycles. The van der Waals surface area contributed by atoms with Gasteiger partial charge in [0.25, 0.3) is 0 Å². The zero-order valence-corrected chi connectivity index (χ0v) is 22.5. The van der Waals surface area contributed by atoms with Crippen molar-refractivity contribution in [3.8, 4) is 23.0 Å². The molecule has 0 spiro atoms. The van der Waals surface area contributed by atoms with Crippen molar-refractivity contribution in [1.29, 1.82) is 0 Å². The summed E-state index contributed by atoms with van der Waals surface area (Å²) in [5, 5.41) is 29.5. The lowest BCUT2D eigenvalue weighted by atomic mass is 9.96. The summed E-state index contributed by atoms with van der Waals surface area (Å²) in [4.78, 5) is 11.1. The highest BCUT2D eigenvalue weighted by Gasteiger charge is 2.17. The Bertz CT molecular complexity index is 1160. The first-order valence-corrected chi connectivity index (χ1v) is 12.5. The van der Waals surface area contributed by atoms with Gasteiger partial charge in [0, 0.05) is 12.0 Å². The molecule has 0 aliphatic rings. The van der Waals surface area contributed by atoms with E-state index in [0.29, 0.717) is 23.5 Å². The molecule has 0 aromatic heterocycles. The third-order valence-corrected chi connectivity index (χ3v) is 6.81. The maximum atomic E-state index is 11.1. The number of phenolic OH excluding ortho intramolecular Hbond substituents is 2. The summed E-state index contributed by atoms with van der Waals surface area (Å²) in [6, 6.07) is 13.4. The molecule has 3 aromatic rings. The van der Waals surface area contributed by atoms with E-state index in [1.54, 1.807) is 24.3 Å². The minimum Gasteiger partial charge on any atom is -0.508 e. The number of carbonyl (C=O) groups is 1. The van der Waals surface area contributed by atoms with Crippen molar-refractivity contribution in [3.63, 3.8) is 0 Å². The molecule has 6 nitrogen and oxygen atoms in total. The topological polar surface area (TPSA) is 113 Å². The standard InChI is InChI=1S/C25H25I2NO5/c1-13(2)18-8-14(3-5-23(18)30)7-16-12-17(4-6-22(16)29)33-24-19(26)9-15(10-20(24)27)11-21(28)25(31)32/h3-6,8-10,12-13,21,29-30H,7,11,28H2,1-2H3,(H,31,32)/t21-/m1/s1. The molecular weight excluding hydrogens is 648 g/mol. The predicted octanol–water partition coefficient (Wildman–Crippen LogP) is 5.77. The number of aliphatic carboxylic acids is 1. The Labute approximate surface area is 220 Å². The molecule has 3 aromatic carbocycles. The zero-order chi connectivity index (χ0) is 24.3. The van der Waals surface area contributed by atoms with E-state index < -0.39 is 12.0 Å². The number of benzene rings is 3. The Morgan fingerprint density at radius 2 is 1.61 bits per heavy atom. The van der Waals surface area contributed by atoms with Crippen LogP contribution in [0, 0.1) is 7.14 Å². The lowest BCUT2D eigenvalue weighted by Gasteiger charge is -2.15. The van der Waals surface area contributed by atoms with Crippen molar-refractivity contribution in [2.45, 2.75) is 38.6 Å². The molecule has 0 aliphatic carbocycles. The van der Waals surface area contributed by atoms with Gasteiger partial charge in [0.05, 0.1) is 7.14 Å². The van der Waals surface area contributed by atoms with Crippen LogP contribution in [0.4, 0.5) is 0 Å². The Hall–Kier alpha value is -2.05. The first-order chi connectivity index (χ1) is 15.5. The van der Waals surface area contributed by atoms with E-state index in [1.807, 2.05) is 38.1 Å². The summed E-state index contributed by atoms with van der Waals surface area (Å²) < 4.78 is 7.82. The number of ether oxygens (including phenoxy) is 1. The summed E-state index contributed by atoms with van der Waals surface area (Å²) >= 11 is 4.32. The summed E-state index contributed by atoms with van der Waals surface area (Å²) in [5.74, 6) is 0.830. The van der Waals surface area contributed by atoms with E-state index in [9.17, 15) is 15.0 Å². The smallest absolute Gasteiger partial charge is 0.320 e. The van der Waals surface area contributed by atoms with Crippen LogP contribution in [0.25, 0.3) is 0 Å². The normalized spacial score (nSPS) is 12.1. The summed E-state index contributed by atoms with van der Waals surface area (Å²) in [6.07, 6.45) is 0.721. The van der Waals surface area contributed by atoms with Crippen LogP contribution in [0.3, 0.4) is 0 Å². The van der Waals surface area contributed by atoms with Gasteiger partial charge in [-0.05, 0) is 111 Å². The van der Waals surface area contributed by atoms with Crippen LogP contribution in [0.5, 0.6) is 23.0 Å². The van der Waals surface area contributed by atoms with Gasteiger partial charge in [0.2, 0.25) is 0 Å². The quantitative estimate of drug-likeness (QED) is 0.226. The lowest BCUT2D eigenvalue weighted by Crippen LogP contribution is -2.32. The van der Waals surface area contributed by atoms with Crippen molar-refractivity contribution in [1.82, 2.24) is 0 Å². The number of nitrogens with two attached hydrogens (primary N) is 1. The molecule has 8 heteroatoms. The van der Waals surface area contributed by atoms with Gasteiger partial charge in [-0.15, -0.1) is 0 Å². The predicted molar refractivity (Wildman–Crippen MR) is 144 cm³/mol. The van der Waals surface area contributed by atoms with Crippen LogP contribution >= 0.6 is 45.2 Å². The molecule has 0 amide bonds. The fraction of sp³-hybridized carbons (Fsp3) is 0.240. The van der Waals surface area contributed by atoms with E-state index in [-0.39, 0.29) is 23.8 Å². The first kappa shape index (κ1) is 25.6. The highest BCUT2D eigenvalue weighted by Crippen LogP contribution is 2.35. The SMILES string of the molecule is CC(C)c1cc(Cc2cc(Oc3c(I)cc(C[C@@H](N)C(=O)O)cc3I)ccc2O)ccc1O. The highest BCUT2D eigenvalue weighted by molar-refractivity contribution is 14.1. The third-order valence-electron chi connectivity index (χ3n) is 5.21. The van der Waals surface area contributed by atoms with Gasteiger partial charge < -0.3 is 25.8 Å². The fourth-order valence-corrected chi connectivity index (χ4v) is 5.57. The van der Waals surface area contributed by atoms with Crippen molar-refractivity contribution >= 4 is 51.2 Å². The lowest BCUT2D eigenvalue weighted by molar-refractivity contribution is -0.138. The monoisotopic (exact) mass is 673 g/mol. The molecule has 0 radical (unpaired) electrons. The Kier molecular flexibility index (Phi) is 8.46. The number of carboxylic acids is 1. The average Bonchev–Trinajstić information content (AvgIpc) is 2.74. The van der Waals surface area contributed by atoms with E-state index in [1.165, 1.54) is 0 Å². The van der Waals surface area contributed by atoms with Gasteiger partial charge in [0.15, 0.2) is 5.75 Å². The molecule has 0 fully saturated rings. The van der Waals surface area contributed by atoms with Crippen molar-refractivity contribution in [3.05, 3.63) is 77.9 Å². The van der Waals surface area contributed by atoms with Crippen molar-refractivity contribution < 1.29 is 24.9 Å². The molecule has 0 saturated carbocycles. The number of hydrogen-bond donors (Lipinski definition) is 4. The molecule has 0 heterocycles. The molecule has 3 rings (SSSR count). The van der Waals surface area contributed by atoms with Crippen molar-refractivity contribution in [2.24, 2.45) is 5.73 Å². The second kappa shape index (κ2) is 10.9. The Morgan fingerprint density at radius 3 is 2.21 bits per heavy atom.